The van der Waals surface area contributed by atoms with Crippen LogP contribution in [0.15, 0.2) is 0 Å². The molecule has 2 atom stereocenters. The van der Waals surface area contributed by atoms with E-state index in [1.807, 2.05) is 0 Å². The summed E-state index contributed by atoms with van der Waals surface area (Å²) < 4.78 is 5.44. The first-order chi connectivity index (χ1) is 11.8. The second-order valence-electron chi connectivity index (χ2n) is 8.02. The van der Waals surface area contributed by atoms with E-state index in [0.29, 0.717) is 6.10 Å². The van der Waals surface area contributed by atoms with Gasteiger partial charge in [0.15, 0.2) is 0 Å². The Kier molecular flexibility index (Phi) is 18.1. The quantitative estimate of drug-likeness (QED) is 0.173. The van der Waals surface area contributed by atoms with Crippen LogP contribution in [0.5, 0.6) is 0 Å². The average Bonchev–Trinajstić information content (AvgIpc) is 3.39. The Morgan fingerprint density at radius 1 is 0.760 bits per heavy atom. The van der Waals surface area contributed by atoms with E-state index in [-0.39, 0.29) is 17.0 Å². The molecule has 0 aromatic rings. The van der Waals surface area contributed by atoms with Gasteiger partial charge in [0, 0.05) is 12.6 Å². The smallest absolute Gasteiger partial charge is 0.0936 e. The summed E-state index contributed by atoms with van der Waals surface area (Å²) in [7, 11) is 2.32. The van der Waals surface area contributed by atoms with E-state index in [0.717, 1.165) is 19.2 Å². The third-order valence-corrected chi connectivity index (χ3v) is 5.55. The molecule has 0 radical (unpaired) electrons. The number of rotatable bonds is 18. The topological polar surface area (TPSA) is 15.8 Å². The number of ether oxygens (including phenoxy) is 1. The van der Waals surface area contributed by atoms with Gasteiger partial charge in [-0.1, -0.05) is 97.3 Å². The molecule has 152 valence electrons. The molecule has 0 amide bonds. The molecule has 0 aliphatic carbocycles. The molecular formula is C22H46BrNO. The van der Waals surface area contributed by atoms with Crippen LogP contribution in [0.1, 0.15) is 110 Å². The predicted octanol–water partition coefficient (Wildman–Crippen LogP) is 7.15. The second kappa shape index (κ2) is 17.8. The SMILES string of the molecule is Br.CCCCCCCCCC(CCCCCCCC)N(C)CC1CO1. The van der Waals surface area contributed by atoms with Crippen molar-refractivity contribution < 1.29 is 4.74 Å². The number of epoxide rings is 1. The zero-order valence-corrected chi connectivity index (χ0v) is 19.2. The van der Waals surface area contributed by atoms with Gasteiger partial charge in [0.1, 0.15) is 0 Å². The maximum atomic E-state index is 5.44. The number of unbranched alkanes of at least 4 members (excludes halogenated alkanes) is 11. The molecule has 25 heavy (non-hydrogen) atoms. The molecule has 1 rings (SSSR count). The van der Waals surface area contributed by atoms with E-state index in [2.05, 4.69) is 25.8 Å². The first-order valence-electron chi connectivity index (χ1n) is 11.1. The van der Waals surface area contributed by atoms with Crippen LogP contribution in [-0.4, -0.2) is 37.2 Å². The molecule has 2 nitrogen and oxygen atoms in total. The first-order valence-corrected chi connectivity index (χ1v) is 11.1. The zero-order chi connectivity index (χ0) is 17.5. The monoisotopic (exact) mass is 419 g/mol. The normalized spacial score (nSPS) is 17.5. The summed E-state index contributed by atoms with van der Waals surface area (Å²) in [6.07, 6.45) is 21.8. The van der Waals surface area contributed by atoms with Crippen LogP contribution in [-0.2, 0) is 4.74 Å². The fourth-order valence-corrected chi connectivity index (χ4v) is 3.73. The molecule has 0 aromatic heterocycles. The summed E-state index contributed by atoms with van der Waals surface area (Å²) in [5, 5.41) is 0. The van der Waals surface area contributed by atoms with Crippen molar-refractivity contribution in [1.29, 1.82) is 0 Å². The largest absolute Gasteiger partial charge is 0.372 e. The first kappa shape index (κ1) is 25.4. The average molecular weight is 421 g/mol. The molecular weight excluding hydrogens is 374 g/mol. The Balaban J connectivity index is 0.00000576. The van der Waals surface area contributed by atoms with Gasteiger partial charge < -0.3 is 9.64 Å². The van der Waals surface area contributed by atoms with Gasteiger partial charge in [0.05, 0.1) is 12.7 Å². The lowest BCUT2D eigenvalue weighted by Gasteiger charge is -2.28. The molecule has 2 unspecified atom stereocenters. The lowest BCUT2D eigenvalue weighted by molar-refractivity contribution is 0.191. The van der Waals surface area contributed by atoms with E-state index in [4.69, 9.17) is 4.74 Å². The van der Waals surface area contributed by atoms with Gasteiger partial charge >= 0.3 is 0 Å². The minimum Gasteiger partial charge on any atom is -0.372 e. The van der Waals surface area contributed by atoms with Crippen molar-refractivity contribution in [1.82, 2.24) is 4.90 Å². The van der Waals surface area contributed by atoms with Crippen molar-refractivity contribution in [2.45, 2.75) is 122 Å². The standard InChI is InChI=1S/C22H45NO.BrH/c1-4-6-8-10-12-14-16-18-21(23(3)19-22-20-24-22)17-15-13-11-9-7-5-2;/h21-22H,4-20H2,1-3H3;1H. The molecule has 0 aromatic carbocycles. The van der Waals surface area contributed by atoms with Crippen molar-refractivity contribution in [3.63, 3.8) is 0 Å². The summed E-state index contributed by atoms with van der Waals surface area (Å²) in [5.74, 6) is 0. The van der Waals surface area contributed by atoms with Gasteiger partial charge in [-0.2, -0.15) is 0 Å². The fraction of sp³-hybridized carbons (Fsp3) is 1.00. The summed E-state index contributed by atoms with van der Waals surface area (Å²) in [6, 6.07) is 0.788. The molecule has 3 heteroatoms. The maximum absolute atomic E-state index is 5.44. The maximum Gasteiger partial charge on any atom is 0.0936 e. The van der Waals surface area contributed by atoms with Crippen LogP contribution >= 0.6 is 17.0 Å². The highest BCUT2D eigenvalue weighted by Gasteiger charge is 2.26. The summed E-state index contributed by atoms with van der Waals surface area (Å²) in [6.45, 7) is 6.74. The Morgan fingerprint density at radius 3 is 1.56 bits per heavy atom. The predicted molar refractivity (Wildman–Crippen MR) is 117 cm³/mol. The van der Waals surface area contributed by atoms with Crippen LogP contribution in [0.3, 0.4) is 0 Å². The molecule has 1 aliphatic rings. The van der Waals surface area contributed by atoms with Crippen LogP contribution in [0, 0.1) is 0 Å². The van der Waals surface area contributed by atoms with Crippen molar-refractivity contribution >= 4 is 17.0 Å². The number of hydrogen-bond donors (Lipinski definition) is 0. The fourth-order valence-electron chi connectivity index (χ4n) is 3.73. The molecule has 0 N–H and O–H groups in total. The van der Waals surface area contributed by atoms with Gasteiger partial charge in [-0.15, -0.1) is 17.0 Å². The van der Waals surface area contributed by atoms with E-state index >= 15 is 0 Å². The van der Waals surface area contributed by atoms with Gasteiger partial charge in [-0.05, 0) is 19.9 Å². The van der Waals surface area contributed by atoms with E-state index in [9.17, 15) is 0 Å². The zero-order valence-electron chi connectivity index (χ0n) is 17.4. The van der Waals surface area contributed by atoms with Crippen LogP contribution in [0.2, 0.25) is 0 Å². The molecule has 1 saturated heterocycles. The van der Waals surface area contributed by atoms with Crippen LogP contribution in [0.25, 0.3) is 0 Å². The Labute approximate surface area is 169 Å². The summed E-state index contributed by atoms with van der Waals surface area (Å²) >= 11 is 0. The molecule has 0 spiro atoms. The highest BCUT2D eigenvalue weighted by atomic mass is 79.9. The molecule has 1 heterocycles. The summed E-state index contributed by atoms with van der Waals surface area (Å²) in [5.41, 5.74) is 0. The van der Waals surface area contributed by atoms with Crippen LogP contribution in [0.4, 0.5) is 0 Å². The van der Waals surface area contributed by atoms with Gasteiger partial charge in [0.2, 0.25) is 0 Å². The van der Waals surface area contributed by atoms with Gasteiger partial charge in [-0.3, -0.25) is 0 Å². The highest BCUT2D eigenvalue weighted by Crippen LogP contribution is 2.20. The van der Waals surface area contributed by atoms with Crippen molar-refractivity contribution in [2.24, 2.45) is 0 Å². The van der Waals surface area contributed by atoms with Gasteiger partial charge in [0.25, 0.3) is 0 Å². The number of halogens is 1. The van der Waals surface area contributed by atoms with E-state index < -0.39 is 0 Å². The number of hydrogen-bond acceptors (Lipinski definition) is 2. The third-order valence-electron chi connectivity index (χ3n) is 5.55. The minimum atomic E-state index is 0. The highest BCUT2D eigenvalue weighted by molar-refractivity contribution is 8.93. The molecule has 0 bridgehead atoms. The van der Waals surface area contributed by atoms with Crippen molar-refractivity contribution in [3.05, 3.63) is 0 Å². The molecule has 0 saturated carbocycles. The Morgan fingerprint density at radius 2 is 1.16 bits per heavy atom. The minimum absolute atomic E-state index is 0. The Bertz CT molecular complexity index is 271. The number of likely N-dealkylation sites (N-methyl/N-ethyl adjacent to an activating group) is 1. The van der Waals surface area contributed by atoms with Crippen molar-refractivity contribution in [2.75, 3.05) is 20.2 Å². The van der Waals surface area contributed by atoms with Crippen LogP contribution < -0.4 is 0 Å². The number of nitrogens with zero attached hydrogens (tertiary/aromatic N) is 1. The summed E-state index contributed by atoms with van der Waals surface area (Å²) in [4.78, 5) is 2.60. The Hall–Kier alpha value is 0.400. The lowest BCUT2D eigenvalue weighted by Crippen LogP contribution is -2.34. The van der Waals surface area contributed by atoms with Gasteiger partial charge in [-0.25, -0.2) is 0 Å². The van der Waals surface area contributed by atoms with E-state index in [1.165, 1.54) is 96.3 Å². The molecule has 1 fully saturated rings. The lowest BCUT2D eigenvalue weighted by atomic mass is 9.99. The molecule has 1 aliphatic heterocycles. The van der Waals surface area contributed by atoms with Crippen molar-refractivity contribution in [3.8, 4) is 0 Å². The van der Waals surface area contributed by atoms with E-state index in [1.54, 1.807) is 0 Å². The second-order valence-corrected chi connectivity index (χ2v) is 8.02. The third kappa shape index (κ3) is 15.2.